The van der Waals surface area contributed by atoms with Gasteiger partial charge >= 0.3 is 0 Å². The minimum absolute atomic E-state index is 0.0631. The van der Waals surface area contributed by atoms with E-state index < -0.39 is 0 Å². The molecule has 1 amide bonds. The Labute approximate surface area is 167 Å². The lowest BCUT2D eigenvalue weighted by atomic mass is 9.84. The predicted molar refractivity (Wildman–Crippen MR) is 107 cm³/mol. The van der Waals surface area contributed by atoms with Gasteiger partial charge in [0, 0.05) is 62.6 Å². The van der Waals surface area contributed by atoms with Crippen molar-refractivity contribution in [2.45, 2.75) is 44.3 Å². The maximum atomic E-state index is 11.6. The molecule has 1 aromatic rings. The first-order valence-electron chi connectivity index (χ1n) is 10.4. The molecule has 4 rings (SSSR count). The van der Waals surface area contributed by atoms with Crippen LogP contribution in [-0.2, 0) is 16.1 Å². The molecule has 0 aliphatic carbocycles. The smallest absolute Gasteiger partial charge is 0.225 e. The van der Waals surface area contributed by atoms with Crippen LogP contribution >= 0.6 is 0 Å². The standard InChI is InChI=1S/C20H32N6O2/c1-16(27)23-18-11-20(3-5-24(2)6-4-20)26(15-18)14-17-12-21-19(22-13-17)25-7-9-28-10-8-25/h12-13,18H,3-11,14-15H2,1-2H3,(H,23,27). The third kappa shape index (κ3) is 4.29. The van der Waals surface area contributed by atoms with Crippen molar-refractivity contribution in [3.05, 3.63) is 18.0 Å². The van der Waals surface area contributed by atoms with Crippen LogP contribution in [0.1, 0.15) is 31.7 Å². The van der Waals surface area contributed by atoms with Gasteiger partial charge in [0.15, 0.2) is 0 Å². The average molecular weight is 389 g/mol. The molecule has 3 aliphatic rings. The summed E-state index contributed by atoms with van der Waals surface area (Å²) < 4.78 is 5.41. The molecule has 3 fully saturated rings. The third-order valence-corrected chi connectivity index (χ3v) is 6.42. The van der Waals surface area contributed by atoms with Gasteiger partial charge in [0.05, 0.1) is 13.2 Å². The Morgan fingerprint density at radius 2 is 1.89 bits per heavy atom. The maximum Gasteiger partial charge on any atom is 0.225 e. The van der Waals surface area contributed by atoms with Gasteiger partial charge in [-0.15, -0.1) is 0 Å². The van der Waals surface area contributed by atoms with Crippen LogP contribution in [0.4, 0.5) is 5.95 Å². The highest BCUT2D eigenvalue weighted by atomic mass is 16.5. The number of carbonyl (C=O) groups is 1. The molecule has 0 saturated carbocycles. The fraction of sp³-hybridized carbons (Fsp3) is 0.750. The minimum atomic E-state index is 0.0631. The van der Waals surface area contributed by atoms with Gasteiger partial charge in [0.2, 0.25) is 11.9 Å². The SMILES string of the molecule is CC(=O)NC1CN(Cc2cnc(N3CCOCC3)nc2)C2(CCN(C)CC2)C1. The molecule has 1 unspecified atom stereocenters. The van der Waals surface area contributed by atoms with Crippen molar-refractivity contribution in [3.8, 4) is 0 Å². The van der Waals surface area contributed by atoms with Gasteiger partial charge in [0.25, 0.3) is 0 Å². The molecule has 1 aromatic heterocycles. The number of hydrogen-bond donors (Lipinski definition) is 1. The zero-order chi connectivity index (χ0) is 19.6. The number of amides is 1. The van der Waals surface area contributed by atoms with E-state index in [1.54, 1.807) is 6.92 Å². The Morgan fingerprint density at radius 1 is 1.21 bits per heavy atom. The molecular formula is C20H32N6O2. The van der Waals surface area contributed by atoms with E-state index in [0.29, 0.717) is 0 Å². The van der Waals surface area contributed by atoms with E-state index >= 15 is 0 Å². The third-order valence-electron chi connectivity index (χ3n) is 6.42. The maximum absolute atomic E-state index is 11.6. The van der Waals surface area contributed by atoms with E-state index in [-0.39, 0.29) is 17.5 Å². The molecule has 4 heterocycles. The van der Waals surface area contributed by atoms with Gasteiger partial charge in [-0.2, -0.15) is 0 Å². The van der Waals surface area contributed by atoms with E-state index in [2.05, 4.69) is 37.0 Å². The number of aromatic nitrogens is 2. The van der Waals surface area contributed by atoms with Crippen molar-refractivity contribution in [1.82, 2.24) is 25.1 Å². The second-order valence-corrected chi connectivity index (χ2v) is 8.50. The Morgan fingerprint density at radius 3 is 2.54 bits per heavy atom. The van der Waals surface area contributed by atoms with E-state index in [1.807, 2.05) is 12.4 Å². The fourth-order valence-corrected chi connectivity index (χ4v) is 4.86. The number of likely N-dealkylation sites (tertiary alicyclic amines) is 2. The van der Waals surface area contributed by atoms with Crippen molar-refractivity contribution in [2.24, 2.45) is 0 Å². The second kappa shape index (κ2) is 8.31. The van der Waals surface area contributed by atoms with E-state index in [4.69, 9.17) is 4.74 Å². The van der Waals surface area contributed by atoms with Crippen LogP contribution < -0.4 is 10.2 Å². The monoisotopic (exact) mass is 388 g/mol. The largest absolute Gasteiger partial charge is 0.378 e. The molecule has 0 aromatic carbocycles. The van der Waals surface area contributed by atoms with Gasteiger partial charge in [-0.25, -0.2) is 9.97 Å². The molecular weight excluding hydrogens is 356 g/mol. The number of nitrogens with one attached hydrogen (secondary N) is 1. The number of rotatable bonds is 4. The average Bonchev–Trinajstić information content (AvgIpc) is 3.01. The Bertz CT molecular complexity index is 668. The Balaban J connectivity index is 1.45. The van der Waals surface area contributed by atoms with E-state index in [9.17, 15) is 4.79 Å². The number of anilines is 1. The summed E-state index contributed by atoms with van der Waals surface area (Å²) in [7, 11) is 2.19. The number of carbonyl (C=O) groups excluding carboxylic acids is 1. The van der Waals surface area contributed by atoms with Crippen molar-refractivity contribution >= 4 is 11.9 Å². The van der Waals surface area contributed by atoms with Crippen LogP contribution in [0.3, 0.4) is 0 Å². The summed E-state index contributed by atoms with van der Waals surface area (Å²) in [6, 6.07) is 0.231. The lowest BCUT2D eigenvalue weighted by Crippen LogP contribution is -2.50. The van der Waals surface area contributed by atoms with Crippen molar-refractivity contribution in [3.63, 3.8) is 0 Å². The number of morpholine rings is 1. The summed E-state index contributed by atoms with van der Waals surface area (Å²) in [6.07, 6.45) is 7.25. The van der Waals surface area contributed by atoms with Gasteiger partial charge in [-0.1, -0.05) is 0 Å². The summed E-state index contributed by atoms with van der Waals surface area (Å²) >= 11 is 0. The molecule has 0 bridgehead atoms. The van der Waals surface area contributed by atoms with Crippen LogP contribution in [0.15, 0.2) is 12.4 Å². The van der Waals surface area contributed by atoms with Gasteiger partial charge in [0.1, 0.15) is 0 Å². The predicted octanol–water partition coefficient (Wildman–Crippen LogP) is 0.488. The fourth-order valence-electron chi connectivity index (χ4n) is 4.86. The van der Waals surface area contributed by atoms with Crippen molar-refractivity contribution in [1.29, 1.82) is 0 Å². The molecule has 1 N–H and O–H groups in total. The molecule has 1 atom stereocenters. The molecule has 8 heteroatoms. The normalized spacial score (nSPS) is 25.9. The topological polar surface area (TPSA) is 73.8 Å². The first kappa shape index (κ1) is 19.5. The van der Waals surface area contributed by atoms with Crippen LogP contribution in [0, 0.1) is 0 Å². The highest BCUT2D eigenvalue weighted by Crippen LogP contribution is 2.39. The summed E-state index contributed by atoms with van der Waals surface area (Å²) in [5.74, 6) is 0.853. The van der Waals surface area contributed by atoms with Crippen LogP contribution in [0.5, 0.6) is 0 Å². The molecule has 0 radical (unpaired) electrons. The van der Waals surface area contributed by atoms with Gasteiger partial charge in [-0.3, -0.25) is 9.69 Å². The minimum Gasteiger partial charge on any atom is -0.378 e. The van der Waals surface area contributed by atoms with Crippen LogP contribution in [-0.4, -0.2) is 90.2 Å². The first-order chi connectivity index (χ1) is 13.5. The zero-order valence-corrected chi connectivity index (χ0v) is 17.1. The Kier molecular flexibility index (Phi) is 5.80. The van der Waals surface area contributed by atoms with Crippen molar-refractivity contribution in [2.75, 3.05) is 57.9 Å². The first-order valence-corrected chi connectivity index (χ1v) is 10.4. The summed E-state index contributed by atoms with van der Waals surface area (Å²) in [5, 5.41) is 3.15. The molecule has 28 heavy (non-hydrogen) atoms. The van der Waals surface area contributed by atoms with Gasteiger partial charge in [-0.05, 0) is 39.4 Å². The van der Waals surface area contributed by atoms with Gasteiger partial charge < -0.3 is 19.9 Å². The Hall–Kier alpha value is -1.77. The zero-order valence-electron chi connectivity index (χ0n) is 17.1. The summed E-state index contributed by atoms with van der Waals surface area (Å²) in [5.41, 5.74) is 1.31. The van der Waals surface area contributed by atoms with Crippen molar-refractivity contribution < 1.29 is 9.53 Å². The van der Waals surface area contributed by atoms with E-state index in [1.165, 1.54) is 0 Å². The number of hydrogen-bond acceptors (Lipinski definition) is 7. The summed E-state index contributed by atoms with van der Waals surface area (Å²) in [6.45, 7) is 8.73. The van der Waals surface area contributed by atoms with Crippen LogP contribution in [0.2, 0.25) is 0 Å². The molecule has 3 aliphatic heterocycles. The highest BCUT2D eigenvalue weighted by Gasteiger charge is 2.46. The lowest BCUT2D eigenvalue weighted by molar-refractivity contribution is -0.119. The molecule has 8 nitrogen and oxygen atoms in total. The molecule has 154 valence electrons. The van der Waals surface area contributed by atoms with Crippen LogP contribution in [0.25, 0.3) is 0 Å². The number of ether oxygens (including phenoxy) is 1. The highest BCUT2D eigenvalue weighted by molar-refractivity contribution is 5.73. The number of nitrogens with zero attached hydrogens (tertiary/aromatic N) is 5. The van der Waals surface area contributed by atoms with E-state index in [0.717, 1.165) is 83.3 Å². The summed E-state index contributed by atoms with van der Waals surface area (Å²) in [4.78, 5) is 28.0. The second-order valence-electron chi connectivity index (χ2n) is 8.50. The lowest BCUT2D eigenvalue weighted by Gasteiger charge is -2.44. The quantitative estimate of drug-likeness (QED) is 0.805. The molecule has 1 spiro atoms. The molecule has 3 saturated heterocycles. The number of piperidine rings is 1.